The van der Waals surface area contributed by atoms with Crippen LogP contribution in [0, 0.1) is 0 Å². The molecule has 1 heterocycles. The summed E-state index contributed by atoms with van der Waals surface area (Å²) in [5.41, 5.74) is 7.71. The van der Waals surface area contributed by atoms with Crippen molar-refractivity contribution in [2.24, 2.45) is 0 Å². The molecule has 3 heteroatoms. The lowest BCUT2D eigenvalue weighted by molar-refractivity contribution is 0.484. The van der Waals surface area contributed by atoms with Crippen LogP contribution in [0.15, 0.2) is 42.7 Å². The van der Waals surface area contributed by atoms with Crippen molar-refractivity contribution in [1.82, 2.24) is 9.78 Å². The van der Waals surface area contributed by atoms with Gasteiger partial charge in [0.05, 0.1) is 17.9 Å². The predicted molar refractivity (Wildman–Crippen MR) is 66.1 cm³/mol. The van der Waals surface area contributed by atoms with E-state index in [4.69, 9.17) is 5.73 Å². The average Bonchev–Trinajstić information content (AvgIpc) is 2.74. The van der Waals surface area contributed by atoms with Crippen molar-refractivity contribution in [3.63, 3.8) is 0 Å². The van der Waals surface area contributed by atoms with Gasteiger partial charge in [0.1, 0.15) is 0 Å². The van der Waals surface area contributed by atoms with Gasteiger partial charge in [0.15, 0.2) is 0 Å². The second-order valence-corrected chi connectivity index (χ2v) is 3.97. The monoisotopic (exact) mass is 215 g/mol. The average molecular weight is 215 g/mol. The minimum Gasteiger partial charge on any atom is -0.396 e. The Morgan fingerprint density at radius 1 is 1.31 bits per heavy atom. The van der Waals surface area contributed by atoms with E-state index in [2.05, 4.69) is 36.3 Å². The molecule has 0 bridgehead atoms. The summed E-state index contributed by atoms with van der Waals surface area (Å²) in [6, 6.07) is 10.7. The zero-order valence-electron chi connectivity index (χ0n) is 9.50. The van der Waals surface area contributed by atoms with E-state index in [9.17, 15) is 0 Å². The molecular weight excluding hydrogens is 198 g/mol. The van der Waals surface area contributed by atoms with Gasteiger partial charge in [0.2, 0.25) is 0 Å². The number of hydrogen-bond acceptors (Lipinski definition) is 2. The molecule has 16 heavy (non-hydrogen) atoms. The Morgan fingerprint density at radius 2 is 2.06 bits per heavy atom. The molecule has 2 aromatic rings. The van der Waals surface area contributed by atoms with Crippen molar-refractivity contribution in [1.29, 1.82) is 0 Å². The maximum absolute atomic E-state index is 5.71. The van der Waals surface area contributed by atoms with Crippen molar-refractivity contribution in [3.8, 4) is 0 Å². The van der Waals surface area contributed by atoms with E-state index in [0.29, 0.717) is 6.04 Å². The molecule has 0 amide bonds. The van der Waals surface area contributed by atoms with Crippen LogP contribution in [0.2, 0.25) is 0 Å². The summed E-state index contributed by atoms with van der Waals surface area (Å²) >= 11 is 0. The normalized spacial score (nSPS) is 12.6. The summed E-state index contributed by atoms with van der Waals surface area (Å²) < 4.78 is 1.95. The van der Waals surface area contributed by atoms with E-state index >= 15 is 0 Å². The topological polar surface area (TPSA) is 43.8 Å². The molecule has 0 fully saturated rings. The van der Waals surface area contributed by atoms with Gasteiger partial charge in [0, 0.05) is 6.20 Å². The van der Waals surface area contributed by atoms with Crippen LogP contribution in [-0.2, 0) is 0 Å². The molecule has 0 saturated heterocycles. The zero-order valence-corrected chi connectivity index (χ0v) is 9.50. The summed E-state index contributed by atoms with van der Waals surface area (Å²) in [7, 11) is 0. The van der Waals surface area contributed by atoms with Crippen LogP contribution >= 0.6 is 0 Å². The van der Waals surface area contributed by atoms with Gasteiger partial charge in [-0.3, -0.25) is 4.68 Å². The van der Waals surface area contributed by atoms with E-state index in [1.165, 1.54) is 5.56 Å². The molecule has 0 spiro atoms. The number of benzene rings is 1. The number of nitrogens with zero attached hydrogens (tertiary/aromatic N) is 2. The Hall–Kier alpha value is -1.77. The van der Waals surface area contributed by atoms with Crippen molar-refractivity contribution >= 4 is 5.69 Å². The molecule has 1 atom stereocenters. The Bertz CT molecular complexity index is 433. The third-order valence-corrected chi connectivity index (χ3v) is 2.69. The van der Waals surface area contributed by atoms with E-state index in [1.54, 1.807) is 6.20 Å². The fraction of sp³-hybridized carbons (Fsp3) is 0.308. The van der Waals surface area contributed by atoms with Crippen molar-refractivity contribution < 1.29 is 0 Å². The van der Waals surface area contributed by atoms with Crippen molar-refractivity contribution in [3.05, 3.63) is 48.3 Å². The number of rotatable bonds is 4. The van der Waals surface area contributed by atoms with Crippen LogP contribution in [0.25, 0.3) is 0 Å². The molecule has 0 aliphatic carbocycles. The Morgan fingerprint density at radius 3 is 2.62 bits per heavy atom. The van der Waals surface area contributed by atoms with Crippen LogP contribution in [0.3, 0.4) is 0 Å². The van der Waals surface area contributed by atoms with Gasteiger partial charge in [-0.05, 0) is 12.0 Å². The van der Waals surface area contributed by atoms with Gasteiger partial charge in [-0.15, -0.1) is 0 Å². The smallest absolute Gasteiger partial charge is 0.0769 e. The summed E-state index contributed by atoms with van der Waals surface area (Å²) in [5, 5.41) is 4.30. The molecule has 2 rings (SSSR count). The van der Waals surface area contributed by atoms with Crippen LogP contribution in [0.1, 0.15) is 31.4 Å². The van der Waals surface area contributed by atoms with Gasteiger partial charge >= 0.3 is 0 Å². The summed E-state index contributed by atoms with van der Waals surface area (Å²) in [6.07, 6.45) is 5.80. The van der Waals surface area contributed by atoms with Gasteiger partial charge in [-0.2, -0.15) is 5.10 Å². The lowest BCUT2D eigenvalue weighted by Gasteiger charge is -2.17. The third kappa shape index (κ3) is 2.24. The van der Waals surface area contributed by atoms with Crippen molar-refractivity contribution in [2.45, 2.75) is 25.8 Å². The van der Waals surface area contributed by atoms with Crippen LogP contribution in [0.5, 0.6) is 0 Å². The van der Waals surface area contributed by atoms with E-state index in [0.717, 1.165) is 18.5 Å². The number of aromatic nitrogens is 2. The highest BCUT2D eigenvalue weighted by atomic mass is 15.3. The highest BCUT2D eigenvalue weighted by molar-refractivity contribution is 5.31. The predicted octanol–water partition coefficient (Wildman–Crippen LogP) is 2.85. The minimum atomic E-state index is 0.295. The summed E-state index contributed by atoms with van der Waals surface area (Å²) in [4.78, 5) is 0. The maximum Gasteiger partial charge on any atom is 0.0769 e. The van der Waals surface area contributed by atoms with Crippen LogP contribution in [0.4, 0.5) is 5.69 Å². The fourth-order valence-electron chi connectivity index (χ4n) is 1.92. The lowest BCUT2D eigenvalue weighted by atomic mass is 10.0. The first-order valence-corrected chi connectivity index (χ1v) is 5.66. The number of nitrogen functional groups attached to an aromatic ring is 1. The quantitative estimate of drug-likeness (QED) is 0.852. The molecule has 0 radical (unpaired) electrons. The second-order valence-electron chi connectivity index (χ2n) is 3.97. The Labute approximate surface area is 95.9 Å². The number of hydrogen-bond donors (Lipinski definition) is 1. The molecule has 84 valence electrons. The van der Waals surface area contributed by atoms with E-state index in [1.807, 2.05) is 16.9 Å². The summed E-state index contributed by atoms with van der Waals surface area (Å²) in [5.74, 6) is 0. The maximum atomic E-state index is 5.71. The molecule has 0 aliphatic rings. The third-order valence-electron chi connectivity index (χ3n) is 2.69. The minimum absolute atomic E-state index is 0.295. The first-order chi connectivity index (χ1) is 7.81. The van der Waals surface area contributed by atoms with Crippen LogP contribution < -0.4 is 5.73 Å². The highest BCUT2D eigenvalue weighted by Gasteiger charge is 2.12. The Kier molecular flexibility index (Phi) is 3.25. The first kappa shape index (κ1) is 10.7. The molecule has 2 N–H and O–H groups in total. The molecule has 3 nitrogen and oxygen atoms in total. The van der Waals surface area contributed by atoms with Gasteiger partial charge < -0.3 is 5.73 Å². The first-order valence-electron chi connectivity index (χ1n) is 5.66. The fourth-order valence-corrected chi connectivity index (χ4v) is 1.92. The molecule has 0 saturated carbocycles. The van der Waals surface area contributed by atoms with Crippen molar-refractivity contribution in [2.75, 3.05) is 5.73 Å². The zero-order chi connectivity index (χ0) is 11.4. The van der Waals surface area contributed by atoms with Crippen LogP contribution in [-0.4, -0.2) is 9.78 Å². The SMILES string of the molecule is CCCC(c1ccccc1)n1cc(N)cn1. The van der Waals surface area contributed by atoms with Gasteiger partial charge in [-0.1, -0.05) is 43.7 Å². The van der Waals surface area contributed by atoms with E-state index < -0.39 is 0 Å². The number of nitrogens with two attached hydrogens (primary N) is 1. The molecule has 1 unspecified atom stereocenters. The Balaban J connectivity index is 2.31. The van der Waals surface area contributed by atoms with E-state index in [-0.39, 0.29) is 0 Å². The summed E-state index contributed by atoms with van der Waals surface area (Å²) in [6.45, 7) is 2.18. The second kappa shape index (κ2) is 4.84. The molecule has 1 aromatic heterocycles. The lowest BCUT2D eigenvalue weighted by Crippen LogP contribution is -2.10. The molecule has 1 aromatic carbocycles. The highest BCUT2D eigenvalue weighted by Crippen LogP contribution is 2.23. The molecule has 0 aliphatic heterocycles. The van der Waals surface area contributed by atoms with Gasteiger partial charge in [-0.25, -0.2) is 0 Å². The van der Waals surface area contributed by atoms with Gasteiger partial charge in [0.25, 0.3) is 0 Å². The standard InChI is InChI=1S/C13H17N3/c1-2-6-13(11-7-4-3-5-8-11)16-10-12(14)9-15-16/h3-5,7-10,13H,2,6,14H2,1H3. The molecular formula is C13H17N3. The largest absolute Gasteiger partial charge is 0.396 e. The number of anilines is 1.